The Balaban J connectivity index is 2.08. The second-order valence-electron chi connectivity index (χ2n) is 5.25. The largest absolute Gasteiger partial charge is 0.508 e. The SMILES string of the molecule is CC(=O)N[C@@H](CCCCNCCc1ccc(O)cc1)C(=O)O. The molecule has 6 nitrogen and oxygen atoms in total. The lowest BCUT2D eigenvalue weighted by Crippen LogP contribution is -2.39. The molecule has 0 aliphatic carbocycles. The van der Waals surface area contributed by atoms with Crippen molar-refractivity contribution < 1.29 is 19.8 Å². The molecule has 0 saturated heterocycles. The summed E-state index contributed by atoms with van der Waals surface area (Å²) in [5.74, 6) is -1.04. The molecule has 1 aromatic rings. The second-order valence-corrected chi connectivity index (χ2v) is 5.25. The molecule has 6 heteroatoms. The predicted octanol–water partition coefficient (Wildman–Crippen LogP) is 1.28. The van der Waals surface area contributed by atoms with Crippen LogP contribution in [0.15, 0.2) is 24.3 Å². The highest BCUT2D eigenvalue weighted by molar-refractivity contribution is 5.81. The van der Waals surface area contributed by atoms with Crippen LogP contribution in [0.2, 0.25) is 0 Å². The van der Waals surface area contributed by atoms with Gasteiger partial charge < -0.3 is 20.8 Å². The number of carboxylic acids is 1. The highest BCUT2D eigenvalue weighted by Crippen LogP contribution is 2.09. The summed E-state index contributed by atoms with van der Waals surface area (Å²) in [4.78, 5) is 21.8. The third-order valence-electron chi connectivity index (χ3n) is 3.30. The summed E-state index contributed by atoms with van der Waals surface area (Å²) >= 11 is 0. The number of carbonyl (C=O) groups is 2. The lowest BCUT2D eigenvalue weighted by Gasteiger charge is -2.13. The maximum Gasteiger partial charge on any atom is 0.326 e. The van der Waals surface area contributed by atoms with Gasteiger partial charge in [0.15, 0.2) is 0 Å². The second kappa shape index (κ2) is 9.78. The molecular formula is C16H24N2O4. The summed E-state index contributed by atoms with van der Waals surface area (Å²) in [5.41, 5.74) is 1.15. The van der Waals surface area contributed by atoms with Crippen molar-refractivity contribution in [1.29, 1.82) is 0 Å². The van der Waals surface area contributed by atoms with E-state index in [1.54, 1.807) is 12.1 Å². The van der Waals surface area contributed by atoms with Crippen LogP contribution in [0.5, 0.6) is 5.75 Å². The Hall–Kier alpha value is -2.08. The van der Waals surface area contributed by atoms with Crippen molar-refractivity contribution in [3.8, 4) is 5.75 Å². The number of nitrogens with one attached hydrogen (secondary N) is 2. The van der Waals surface area contributed by atoms with Gasteiger partial charge in [-0.15, -0.1) is 0 Å². The number of aromatic hydroxyl groups is 1. The number of aliphatic carboxylic acids is 1. The van der Waals surface area contributed by atoms with Crippen LogP contribution in [-0.2, 0) is 16.0 Å². The zero-order chi connectivity index (χ0) is 16.4. The Labute approximate surface area is 130 Å². The Morgan fingerprint density at radius 1 is 1.14 bits per heavy atom. The number of hydrogen-bond acceptors (Lipinski definition) is 4. The monoisotopic (exact) mass is 308 g/mol. The molecule has 0 bridgehead atoms. The molecule has 0 fully saturated rings. The number of benzene rings is 1. The van der Waals surface area contributed by atoms with Gasteiger partial charge in [0, 0.05) is 6.92 Å². The summed E-state index contributed by atoms with van der Waals surface area (Å²) in [6.07, 6.45) is 2.92. The average Bonchev–Trinajstić information content (AvgIpc) is 2.46. The van der Waals surface area contributed by atoms with Crippen LogP contribution in [-0.4, -0.2) is 41.2 Å². The van der Waals surface area contributed by atoms with Crippen LogP contribution in [0, 0.1) is 0 Å². The van der Waals surface area contributed by atoms with E-state index in [0.717, 1.165) is 37.9 Å². The first-order valence-electron chi connectivity index (χ1n) is 7.47. The van der Waals surface area contributed by atoms with Crippen LogP contribution < -0.4 is 10.6 Å². The lowest BCUT2D eigenvalue weighted by atomic mass is 10.1. The normalized spacial score (nSPS) is 11.9. The molecule has 0 aliphatic rings. The van der Waals surface area contributed by atoms with Gasteiger partial charge in [-0.05, 0) is 56.5 Å². The van der Waals surface area contributed by atoms with Crippen molar-refractivity contribution in [3.05, 3.63) is 29.8 Å². The first-order valence-corrected chi connectivity index (χ1v) is 7.47. The summed E-state index contributed by atoms with van der Waals surface area (Å²) in [7, 11) is 0. The minimum absolute atomic E-state index is 0.267. The zero-order valence-electron chi connectivity index (χ0n) is 12.8. The number of carbonyl (C=O) groups excluding carboxylic acids is 1. The van der Waals surface area contributed by atoms with Crippen molar-refractivity contribution in [2.24, 2.45) is 0 Å². The van der Waals surface area contributed by atoms with Gasteiger partial charge in [0.2, 0.25) is 5.91 Å². The van der Waals surface area contributed by atoms with Crippen molar-refractivity contribution in [3.63, 3.8) is 0 Å². The van der Waals surface area contributed by atoms with E-state index >= 15 is 0 Å². The summed E-state index contributed by atoms with van der Waals surface area (Å²) < 4.78 is 0. The molecule has 1 aromatic carbocycles. The van der Waals surface area contributed by atoms with Crippen LogP contribution in [0.25, 0.3) is 0 Å². The molecule has 0 saturated carbocycles. The highest BCUT2D eigenvalue weighted by Gasteiger charge is 2.17. The number of unbranched alkanes of at least 4 members (excludes halogenated alkanes) is 1. The predicted molar refractivity (Wildman–Crippen MR) is 83.8 cm³/mol. The van der Waals surface area contributed by atoms with Gasteiger partial charge in [-0.3, -0.25) is 4.79 Å². The quantitative estimate of drug-likeness (QED) is 0.488. The molecule has 1 amide bonds. The fourth-order valence-corrected chi connectivity index (χ4v) is 2.12. The van der Waals surface area contributed by atoms with Crippen molar-refractivity contribution >= 4 is 11.9 Å². The van der Waals surface area contributed by atoms with Gasteiger partial charge in [-0.2, -0.15) is 0 Å². The molecular weight excluding hydrogens is 284 g/mol. The first kappa shape index (κ1) is 18.0. The molecule has 0 radical (unpaired) electrons. The molecule has 0 heterocycles. The molecule has 122 valence electrons. The Morgan fingerprint density at radius 2 is 1.82 bits per heavy atom. The fourth-order valence-electron chi connectivity index (χ4n) is 2.12. The van der Waals surface area contributed by atoms with Gasteiger partial charge in [0.05, 0.1) is 0 Å². The number of amides is 1. The minimum Gasteiger partial charge on any atom is -0.508 e. The van der Waals surface area contributed by atoms with E-state index in [1.807, 2.05) is 12.1 Å². The first-order chi connectivity index (χ1) is 10.5. The molecule has 1 atom stereocenters. The number of carboxylic acid groups (broad SMARTS) is 1. The number of rotatable bonds is 10. The molecule has 1 rings (SSSR count). The molecule has 22 heavy (non-hydrogen) atoms. The van der Waals surface area contributed by atoms with E-state index in [0.29, 0.717) is 6.42 Å². The summed E-state index contributed by atoms with van der Waals surface area (Å²) in [6.45, 7) is 2.96. The van der Waals surface area contributed by atoms with Crippen LogP contribution in [0.1, 0.15) is 31.7 Å². The lowest BCUT2D eigenvalue weighted by molar-refractivity contribution is -0.141. The molecule has 0 aromatic heterocycles. The zero-order valence-corrected chi connectivity index (χ0v) is 12.8. The minimum atomic E-state index is -0.990. The van der Waals surface area contributed by atoms with Gasteiger partial charge >= 0.3 is 5.97 Å². The van der Waals surface area contributed by atoms with Gasteiger partial charge in [0.25, 0.3) is 0 Å². The van der Waals surface area contributed by atoms with E-state index in [1.165, 1.54) is 6.92 Å². The summed E-state index contributed by atoms with van der Waals surface area (Å²) in [6, 6.07) is 6.32. The van der Waals surface area contributed by atoms with E-state index in [9.17, 15) is 14.7 Å². The average molecular weight is 308 g/mol. The smallest absolute Gasteiger partial charge is 0.326 e. The number of hydrogen-bond donors (Lipinski definition) is 4. The maximum absolute atomic E-state index is 10.9. The van der Waals surface area contributed by atoms with Crippen molar-refractivity contribution in [1.82, 2.24) is 10.6 Å². The van der Waals surface area contributed by atoms with E-state index in [4.69, 9.17) is 5.11 Å². The third kappa shape index (κ3) is 7.64. The standard InChI is InChI=1S/C16H24N2O4/c1-12(19)18-15(16(21)22)4-2-3-10-17-11-9-13-5-7-14(20)8-6-13/h5-8,15,17,20H,2-4,9-11H2,1H3,(H,18,19)(H,21,22)/t15-/m0/s1. The number of phenols is 1. The van der Waals surface area contributed by atoms with Gasteiger partial charge in [0.1, 0.15) is 11.8 Å². The van der Waals surface area contributed by atoms with Crippen LogP contribution in [0.4, 0.5) is 0 Å². The Morgan fingerprint density at radius 3 is 2.41 bits per heavy atom. The molecule has 0 spiro atoms. The van der Waals surface area contributed by atoms with E-state index in [-0.39, 0.29) is 11.7 Å². The van der Waals surface area contributed by atoms with Gasteiger partial charge in [-0.1, -0.05) is 12.1 Å². The van der Waals surface area contributed by atoms with Crippen molar-refractivity contribution in [2.45, 2.75) is 38.6 Å². The van der Waals surface area contributed by atoms with Crippen molar-refractivity contribution in [2.75, 3.05) is 13.1 Å². The van der Waals surface area contributed by atoms with Crippen LogP contribution in [0.3, 0.4) is 0 Å². The summed E-state index contributed by atoms with van der Waals surface area (Å²) in [5, 5.41) is 23.9. The molecule has 0 aliphatic heterocycles. The Bertz CT molecular complexity index is 474. The van der Waals surface area contributed by atoms with Crippen LogP contribution >= 0.6 is 0 Å². The number of phenolic OH excluding ortho intramolecular Hbond substituents is 1. The van der Waals surface area contributed by atoms with Gasteiger partial charge in [-0.25, -0.2) is 4.79 Å². The molecule has 0 unspecified atom stereocenters. The van der Waals surface area contributed by atoms with E-state index < -0.39 is 12.0 Å². The maximum atomic E-state index is 10.9. The Kier molecular flexibility index (Phi) is 7.99. The fraction of sp³-hybridized carbons (Fsp3) is 0.500. The molecule has 4 N–H and O–H groups in total. The highest BCUT2D eigenvalue weighted by atomic mass is 16.4. The van der Waals surface area contributed by atoms with E-state index in [2.05, 4.69) is 10.6 Å². The third-order valence-corrected chi connectivity index (χ3v) is 3.30. The topological polar surface area (TPSA) is 98.7 Å².